The van der Waals surface area contributed by atoms with E-state index in [9.17, 15) is 9.59 Å². The normalized spacial score (nSPS) is 26.6. The quantitative estimate of drug-likeness (QED) is 0.449. The Balaban J connectivity index is 1.29. The lowest BCUT2D eigenvalue weighted by atomic mass is 9.67. The number of carbonyl (C=O) groups excluding carboxylic acids is 2. The maximum Gasteiger partial charge on any atom is 0.231 e. The van der Waals surface area contributed by atoms with Crippen LogP contribution in [0.25, 0.3) is 6.08 Å². The average molecular weight is 571 g/mol. The Morgan fingerprint density at radius 3 is 1.95 bits per heavy atom. The molecule has 2 aromatic carbocycles. The lowest BCUT2D eigenvalue weighted by molar-refractivity contribution is -0.147. The van der Waals surface area contributed by atoms with E-state index in [-0.39, 0.29) is 37.2 Å². The van der Waals surface area contributed by atoms with Crippen molar-refractivity contribution in [3.8, 4) is 23.0 Å². The molecule has 0 spiro atoms. The minimum absolute atomic E-state index is 0.0759. The molecule has 2 fully saturated rings. The minimum atomic E-state index is -0.511. The van der Waals surface area contributed by atoms with Crippen molar-refractivity contribution in [3.05, 3.63) is 65.8 Å². The van der Waals surface area contributed by atoms with E-state index in [0.717, 1.165) is 87.3 Å². The minimum Gasteiger partial charge on any atom is -0.454 e. The number of fused-ring (bicyclic) bond motifs is 2. The second-order valence-electron chi connectivity index (χ2n) is 11.9. The number of benzene rings is 2. The smallest absolute Gasteiger partial charge is 0.231 e. The van der Waals surface area contributed by atoms with Gasteiger partial charge in [0, 0.05) is 38.0 Å². The number of nitrogens with zero attached hydrogens (tertiary/aromatic N) is 2. The second kappa shape index (κ2) is 11.7. The number of hydrogen-bond donors (Lipinski definition) is 0. The second-order valence-corrected chi connectivity index (χ2v) is 11.9. The van der Waals surface area contributed by atoms with E-state index < -0.39 is 11.8 Å². The molecule has 1 aliphatic carbocycles. The van der Waals surface area contributed by atoms with E-state index in [4.69, 9.17) is 18.9 Å². The topological polar surface area (TPSA) is 77.5 Å². The molecule has 220 valence electrons. The van der Waals surface area contributed by atoms with E-state index in [1.165, 1.54) is 0 Å². The molecule has 42 heavy (non-hydrogen) atoms. The zero-order valence-corrected chi connectivity index (χ0v) is 23.9. The van der Waals surface area contributed by atoms with Crippen LogP contribution in [0.4, 0.5) is 0 Å². The Labute approximate surface area is 246 Å². The number of rotatable bonds is 5. The zero-order valence-electron chi connectivity index (χ0n) is 23.9. The lowest BCUT2D eigenvalue weighted by Crippen LogP contribution is -2.51. The molecule has 0 bridgehead atoms. The first-order chi connectivity index (χ1) is 20.7. The Bertz CT molecular complexity index is 1390. The Morgan fingerprint density at radius 1 is 0.667 bits per heavy atom. The monoisotopic (exact) mass is 570 g/mol. The molecule has 0 radical (unpaired) electrons. The summed E-state index contributed by atoms with van der Waals surface area (Å²) in [6.07, 6.45) is 14.7. The van der Waals surface area contributed by atoms with E-state index in [0.29, 0.717) is 11.5 Å². The fourth-order valence-electron chi connectivity index (χ4n) is 7.09. The molecule has 5 aliphatic rings. The van der Waals surface area contributed by atoms with E-state index in [1.807, 2.05) is 46.2 Å². The Kier molecular flexibility index (Phi) is 7.53. The molecule has 4 atom stereocenters. The molecule has 0 aromatic heterocycles. The van der Waals surface area contributed by atoms with Gasteiger partial charge in [-0.05, 0) is 73.9 Å². The van der Waals surface area contributed by atoms with Gasteiger partial charge in [-0.1, -0.05) is 36.4 Å². The number of piperidine rings is 2. The summed E-state index contributed by atoms with van der Waals surface area (Å²) in [6.45, 7) is 3.44. The number of likely N-dealkylation sites (tertiary alicyclic amines) is 2. The molecule has 0 saturated carbocycles. The van der Waals surface area contributed by atoms with Gasteiger partial charge in [0.25, 0.3) is 0 Å². The molecule has 2 saturated heterocycles. The molecule has 4 aliphatic heterocycles. The van der Waals surface area contributed by atoms with Crippen LogP contribution in [0.5, 0.6) is 23.0 Å². The first kappa shape index (κ1) is 26.9. The predicted molar refractivity (Wildman–Crippen MR) is 157 cm³/mol. The van der Waals surface area contributed by atoms with Gasteiger partial charge in [0.05, 0.1) is 11.8 Å². The summed E-state index contributed by atoms with van der Waals surface area (Å²) < 4.78 is 22.4. The summed E-state index contributed by atoms with van der Waals surface area (Å²) in [5.74, 6) is 1.67. The van der Waals surface area contributed by atoms with Crippen LogP contribution in [0.2, 0.25) is 0 Å². The molecule has 2 aromatic rings. The first-order valence-corrected chi connectivity index (χ1v) is 15.4. The van der Waals surface area contributed by atoms with Crippen molar-refractivity contribution in [2.75, 3.05) is 39.8 Å². The largest absolute Gasteiger partial charge is 0.454 e. The maximum absolute atomic E-state index is 14.5. The predicted octanol–water partition coefficient (Wildman–Crippen LogP) is 5.38. The van der Waals surface area contributed by atoms with Crippen molar-refractivity contribution < 1.29 is 28.5 Å². The summed E-state index contributed by atoms with van der Waals surface area (Å²) >= 11 is 0. The third-order valence-corrected chi connectivity index (χ3v) is 9.34. The number of allylic oxidation sites excluding steroid dienone is 2. The van der Waals surface area contributed by atoms with Gasteiger partial charge in [-0.25, -0.2) is 0 Å². The van der Waals surface area contributed by atoms with Crippen LogP contribution in [-0.4, -0.2) is 61.4 Å². The average Bonchev–Trinajstić information content (AvgIpc) is 3.72. The van der Waals surface area contributed by atoms with E-state index >= 15 is 0 Å². The van der Waals surface area contributed by atoms with E-state index in [1.54, 1.807) is 0 Å². The Morgan fingerprint density at radius 2 is 1.26 bits per heavy atom. The van der Waals surface area contributed by atoms with Gasteiger partial charge >= 0.3 is 0 Å². The SMILES string of the molecule is O=C([C@H]1[C@H](/C=C/c2ccc3c(c2)OCO3)[C@H](c2ccc3c(c2)OCO3)C=C[C@H]1C(=O)N1CCCCC1)N1CCCCC1. The highest BCUT2D eigenvalue weighted by molar-refractivity contribution is 5.90. The Hall–Kier alpha value is -3.94. The number of hydrogen-bond acceptors (Lipinski definition) is 6. The van der Waals surface area contributed by atoms with Crippen LogP contribution in [0.1, 0.15) is 55.6 Å². The summed E-state index contributed by atoms with van der Waals surface area (Å²) in [5, 5.41) is 0. The van der Waals surface area contributed by atoms with Gasteiger partial charge in [-0.15, -0.1) is 0 Å². The number of carbonyl (C=O) groups is 2. The summed E-state index contributed by atoms with van der Waals surface area (Å²) in [4.78, 5) is 32.6. The number of ether oxygens (including phenoxy) is 4. The van der Waals surface area contributed by atoms with Crippen LogP contribution in [0, 0.1) is 17.8 Å². The van der Waals surface area contributed by atoms with Crippen molar-refractivity contribution in [2.24, 2.45) is 17.8 Å². The summed E-state index contributed by atoms with van der Waals surface area (Å²) in [6, 6.07) is 11.9. The van der Waals surface area contributed by atoms with Gasteiger partial charge < -0.3 is 28.7 Å². The van der Waals surface area contributed by atoms with Crippen LogP contribution in [0.3, 0.4) is 0 Å². The third-order valence-electron chi connectivity index (χ3n) is 9.34. The molecular weight excluding hydrogens is 532 g/mol. The molecule has 0 N–H and O–H groups in total. The molecule has 2 amide bonds. The van der Waals surface area contributed by atoms with Gasteiger partial charge in [0.1, 0.15) is 0 Å². The van der Waals surface area contributed by atoms with Crippen LogP contribution in [0.15, 0.2) is 54.6 Å². The van der Waals surface area contributed by atoms with Crippen molar-refractivity contribution in [1.82, 2.24) is 9.80 Å². The van der Waals surface area contributed by atoms with Crippen LogP contribution >= 0.6 is 0 Å². The van der Waals surface area contributed by atoms with Gasteiger partial charge in [0.2, 0.25) is 25.4 Å². The van der Waals surface area contributed by atoms with Gasteiger partial charge in [-0.2, -0.15) is 0 Å². The summed E-state index contributed by atoms with van der Waals surface area (Å²) in [7, 11) is 0. The standard InChI is InChI=1S/C34H38N2O6/c37-33(35-15-3-1-4-16-35)27-12-11-25(24-9-14-29-31(20-24)42-22-40-29)26(32(27)34(38)36-17-5-2-6-18-36)10-7-23-8-13-28-30(19-23)41-21-39-28/h7-14,19-20,25-27,32H,1-6,15-18,21-22H2/b10-7+/t25-,26+,27+,32-/m0/s1. The number of amides is 2. The van der Waals surface area contributed by atoms with Crippen molar-refractivity contribution in [2.45, 2.75) is 44.4 Å². The molecule has 7 rings (SSSR count). The molecule has 4 heterocycles. The third kappa shape index (κ3) is 5.23. The van der Waals surface area contributed by atoms with Gasteiger partial charge in [-0.3, -0.25) is 9.59 Å². The van der Waals surface area contributed by atoms with Crippen molar-refractivity contribution in [3.63, 3.8) is 0 Å². The molecule has 8 nitrogen and oxygen atoms in total. The van der Waals surface area contributed by atoms with Gasteiger partial charge in [0.15, 0.2) is 23.0 Å². The summed E-state index contributed by atoms with van der Waals surface area (Å²) in [5.41, 5.74) is 2.00. The maximum atomic E-state index is 14.5. The van der Waals surface area contributed by atoms with Crippen LogP contribution in [-0.2, 0) is 9.59 Å². The van der Waals surface area contributed by atoms with Crippen molar-refractivity contribution in [1.29, 1.82) is 0 Å². The van der Waals surface area contributed by atoms with Crippen LogP contribution < -0.4 is 18.9 Å². The fraction of sp³-hybridized carbons (Fsp3) is 0.471. The fourth-order valence-corrected chi connectivity index (χ4v) is 7.09. The lowest BCUT2D eigenvalue weighted by Gasteiger charge is -2.42. The zero-order chi connectivity index (χ0) is 28.5. The molecular formula is C34H38N2O6. The highest BCUT2D eigenvalue weighted by Crippen LogP contribution is 2.46. The highest BCUT2D eigenvalue weighted by Gasteiger charge is 2.46. The molecule has 8 heteroatoms. The van der Waals surface area contributed by atoms with E-state index in [2.05, 4.69) is 24.3 Å². The van der Waals surface area contributed by atoms with Crippen molar-refractivity contribution >= 4 is 17.9 Å². The first-order valence-electron chi connectivity index (χ1n) is 15.4. The highest BCUT2D eigenvalue weighted by atomic mass is 16.7. The molecule has 0 unspecified atom stereocenters.